The van der Waals surface area contributed by atoms with Gasteiger partial charge in [-0.25, -0.2) is 9.78 Å². The van der Waals surface area contributed by atoms with Crippen molar-refractivity contribution in [2.24, 2.45) is 7.05 Å². The predicted molar refractivity (Wildman–Crippen MR) is 128 cm³/mol. The van der Waals surface area contributed by atoms with Crippen LogP contribution in [0, 0.1) is 6.92 Å². The summed E-state index contributed by atoms with van der Waals surface area (Å²) in [4.78, 5) is 30.7. The van der Waals surface area contributed by atoms with E-state index >= 15 is 0 Å². The number of aliphatic hydroxyl groups excluding tert-OH is 1. The molecule has 0 spiro atoms. The number of rotatable bonds is 7. The molecule has 0 bridgehead atoms. The number of benzene rings is 2. The number of nitrogens with zero attached hydrogens (tertiary/aromatic N) is 3. The van der Waals surface area contributed by atoms with Crippen molar-refractivity contribution in [2.45, 2.75) is 26.3 Å². The number of pyridine rings is 1. The second-order valence-corrected chi connectivity index (χ2v) is 8.33. The van der Waals surface area contributed by atoms with Crippen molar-refractivity contribution in [3.8, 4) is 11.5 Å². The van der Waals surface area contributed by atoms with E-state index in [9.17, 15) is 14.7 Å². The van der Waals surface area contributed by atoms with E-state index in [0.29, 0.717) is 40.3 Å². The average Bonchev–Trinajstić information content (AvgIpc) is 2.81. The quantitative estimate of drug-likeness (QED) is 0.448. The van der Waals surface area contributed by atoms with E-state index in [4.69, 9.17) is 16.3 Å². The maximum absolute atomic E-state index is 13.5. The van der Waals surface area contributed by atoms with Crippen LogP contribution in [-0.2, 0) is 20.0 Å². The molecule has 0 atom stereocenters. The molecule has 0 aliphatic heterocycles. The molecule has 4 rings (SSSR count). The average molecular weight is 466 g/mol. The van der Waals surface area contributed by atoms with Crippen LogP contribution in [0.25, 0.3) is 11.0 Å². The molecular weight excluding hydrogens is 442 g/mol. The Morgan fingerprint density at radius 3 is 2.42 bits per heavy atom. The van der Waals surface area contributed by atoms with Crippen molar-refractivity contribution in [1.82, 2.24) is 14.1 Å². The Morgan fingerprint density at radius 1 is 1.06 bits per heavy atom. The fraction of sp³-hybridized carbons (Fsp3) is 0.240. The predicted octanol–water partition coefficient (Wildman–Crippen LogP) is 3.82. The van der Waals surface area contributed by atoms with Gasteiger partial charge in [0.05, 0.1) is 11.6 Å². The number of halogens is 1. The molecule has 0 unspecified atom stereocenters. The van der Waals surface area contributed by atoms with E-state index in [0.717, 1.165) is 15.7 Å². The van der Waals surface area contributed by atoms with Crippen molar-refractivity contribution >= 4 is 22.6 Å². The van der Waals surface area contributed by atoms with Crippen molar-refractivity contribution in [3.63, 3.8) is 0 Å². The Balaban J connectivity index is 1.95. The molecule has 170 valence electrons. The van der Waals surface area contributed by atoms with Crippen LogP contribution < -0.4 is 16.0 Å². The number of aryl methyl sites for hydroxylation is 2. The minimum Gasteiger partial charge on any atom is -0.455 e. The highest BCUT2D eigenvalue weighted by molar-refractivity contribution is 6.30. The third-order valence-electron chi connectivity index (χ3n) is 5.50. The molecule has 2 aromatic carbocycles. The van der Waals surface area contributed by atoms with Gasteiger partial charge in [-0.15, -0.1) is 0 Å². The van der Waals surface area contributed by atoms with Crippen LogP contribution in [0.1, 0.15) is 23.1 Å². The standard InChI is InChI=1S/C25H24ClN3O4/c1-16-4-10-19(11-5-16)33-21-15-27-23-22(20(21)14-17-6-8-18(26)9-7-17)24(31)29(12-3-13-30)25(32)28(23)2/h4-11,15,30H,3,12-14H2,1-2H3. The summed E-state index contributed by atoms with van der Waals surface area (Å²) in [6, 6.07) is 14.9. The molecule has 7 nitrogen and oxygen atoms in total. The van der Waals surface area contributed by atoms with E-state index in [1.54, 1.807) is 25.4 Å². The van der Waals surface area contributed by atoms with Gasteiger partial charge in [0, 0.05) is 37.2 Å². The SMILES string of the molecule is Cc1ccc(Oc2cnc3c(c2Cc2ccc(Cl)cc2)c(=O)n(CCCO)c(=O)n3C)cc1. The van der Waals surface area contributed by atoms with Crippen molar-refractivity contribution in [1.29, 1.82) is 0 Å². The van der Waals surface area contributed by atoms with Crippen LogP contribution in [0.5, 0.6) is 11.5 Å². The minimum absolute atomic E-state index is 0.112. The molecule has 0 saturated heterocycles. The zero-order valence-corrected chi connectivity index (χ0v) is 19.2. The lowest BCUT2D eigenvalue weighted by molar-refractivity contribution is 0.277. The first-order valence-corrected chi connectivity index (χ1v) is 11.0. The molecule has 0 saturated carbocycles. The molecule has 8 heteroatoms. The summed E-state index contributed by atoms with van der Waals surface area (Å²) in [6.07, 6.45) is 2.22. The lowest BCUT2D eigenvalue weighted by atomic mass is 10.0. The molecule has 2 aromatic heterocycles. The van der Waals surface area contributed by atoms with E-state index in [1.807, 2.05) is 43.3 Å². The van der Waals surface area contributed by atoms with Crippen LogP contribution >= 0.6 is 11.6 Å². The van der Waals surface area contributed by atoms with Gasteiger partial charge in [-0.2, -0.15) is 0 Å². The highest BCUT2D eigenvalue weighted by Crippen LogP contribution is 2.31. The Kier molecular flexibility index (Phi) is 6.62. The first-order valence-electron chi connectivity index (χ1n) is 10.6. The Labute approximate surface area is 195 Å². The lowest BCUT2D eigenvalue weighted by Gasteiger charge is -2.16. The van der Waals surface area contributed by atoms with Gasteiger partial charge in [0.2, 0.25) is 0 Å². The second-order valence-electron chi connectivity index (χ2n) is 7.89. The Hall–Kier alpha value is -3.42. The van der Waals surface area contributed by atoms with Gasteiger partial charge in [-0.05, 0) is 43.2 Å². The molecular formula is C25H24ClN3O4. The summed E-state index contributed by atoms with van der Waals surface area (Å²) in [7, 11) is 1.58. The van der Waals surface area contributed by atoms with Gasteiger partial charge in [0.25, 0.3) is 5.56 Å². The van der Waals surface area contributed by atoms with Crippen LogP contribution in [0.15, 0.2) is 64.3 Å². The maximum atomic E-state index is 13.5. The highest BCUT2D eigenvalue weighted by atomic mass is 35.5. The van der Waals surface area contributed by atoms with Gasteiger partial charge in [0.1, 0.15) is 17.1 Å². The molecule has 33 heavy (non-hydrogen) atoms. The van der Waals surface area contributed by atoms with Gasteiger partial charge in [-0.1, -0.05) is 41.4 Å². The summed E-state index contributed by atoms with van der Waals surface area (Å²) in [5, 5.41) is 10.2. The van der Waals surface area contributed by atoms with Crippen molar-refractivity contribution in [2.75, 3.05) is 6.61 Å². The largest absolute Gasteiger partial charge is 0.455 e. The summed E-state index contributed by atoms with van der Waals surface area (Å²) in [5.41, 5.74) is 2.01. The Bertz CT molecular complexity index is 1410. The first-order chi connectivity index (χ1) is 15.9. The number of aromatic nitrogens is 3. The molecule has 2 heterocycles. The summed E-state index contributed by atoms with van der Waals surface area (Å²) < 4.78 is 8.65. The van der Waals surface area contributed by atoms with Crippen LogP contribution in [-0.4, -0.2) is 25.8 Å². The highest BCUT2D eigenvalue weighted by Gasteiger charge is 2.20. The lowest BCUT2D eigenvalue weighted by Crippen LogP contribution is -2.40. The molecule has 0 aliphatic rings. The minimum atomic E-state index is -0.474. The number of aliphatic hydroxyl groups is 1. The smallest absolute Gasteiger partial charge is 0.332 e. The molecule has 1 N–H and O–H groups in total. The topological polar surface area (TPSA) is 86.3 Å². The van der Waals surface area contributed by atoms with Crippen LogP contribution in [0.3, 0.4) is 0 Å². The first kappa shape index (κ1) is 22.8. The van der Waals surface area contributed by atoms with Gasteiger partial charge < -0.3 is 9.84 Å². The molecule has 0 fully saturated rings. The normalized spacial score (nSPS) is 11.2. The van der Waals surface area contributed by atoms with Gasteiger partial charge in [-0.3, -0.25) is 13.9 Å². The maximum Gasteiger partial charge on any atom is 0.332 e. The molecule has 0 radical (unpaired) electrons. The zero-order valence-electron chi connectivity index (χ0n) is 18.4. The summed E-state index contributed by atoms with van der Waals surface area (Å²) >= 11 is 6.05. The number of ether oxygens (including phenoxy) is 1. The van der Waals surface area contributed by atoms with Gasteiger partial charge in [0.15, 0.2) is 0 Å². The summed E-state index contributed by atoms with van der Waals surface area (Å²) in [5.74, 6) is 1.05. The fourth-order valence-electron chi connectivity index (χ4n) is 3.72. The zero-order chi connectivity index (χ0) is 23.5. The van der Waals surface area contributed by atoms with Crippen LogP contribution in [0.2, 0.25) is 5.02 Å². The van der Waals surface area contributed by atoms with E-state index in [1.165, 1.54) is 4.57 Å². The number of fused-ring (bicyclic) bond motifs is 1. The fourth-order valence-corrected chi connectivity index (χ4v) is 3.85. The Morgan fingerprint density at radius 2 is 1.76 bits per heavy atom. The van der Waals surface area contributed by atoms with E-state index in [2.05, 4.69) is 4.98 Å². The molecule has 0 amide bonds. The molecule has 4 aromatic rings. The van der Waals surface area contributed by atoms with Gasteiger partial charge >= 0.3 is 5.69 Å². The van der Waals surface area contributed by atoms with Crippen molar-refractivity contribution in [3.05, 3.63) is 97.3 Å². The number of hydrogen-bond donors (Lipinski definition) is 1. The third-order valence-corrected chi connectivity index (χ3v) is 5.76. The monoisotopic (exact) mass is 465 g/mol. The van der Waals surface area contributed by atoms with E-state index in [-0.39, 0.29) is 18.8 Å². The second kappa shape index (κ2) is 9.60. The third kappa shape index (κ3) is 4.69. The van der Waals surface area contributed by atoms with Crippen molar-refractivity contribution < 1.29 is 9.84 Å². The molecule has 0 aliphatic carbocycles. The number of hydrogen-bond acceptors (Lipinski definition) is 5. The van der Waals surface area contributed by atoms with E-state index < -0.39 is 11.2 Å². The summed E-state index contributed by atoms with van der Waals surface area (Å²) in [6.45, 7) is 1.98. The van der Waals surface area contributed by atoms with Crippen LogP contribution in [0.4, 0.5) is 0 Å².